The van der Waals surface area contributed by atoms with Crippen LogP contribution in [0.1, 0.15) is 55.1 Å². The quantitative estimate of drug-likeness (QED) is 0.599. The van der Waals surface area contributed by atoms with Crippen molar-refractivity contribution in [1.82, 2.24) is 9.29 Å². The molecule has 1 amide bonds. The Labute approximate surface area is 186 Å². The molecule has 0 aliphatic heterocycles. The minimum absolute atomic E-state index is 0.0235. The van der Waals surface area contributed by atoms with Crippen LogP contribution in [0.2, 0.25) is 0 Å². The first-order valence-electron chi connectivity index (χ1n) is 10.3. The average molecular weight is 466 g/mol. The number of carbonyl (C=O) groups is 2. The fraction of sp³-hybridized carbons (Fsp3) is 0.476. The molecule has 2 aromatic rings. The number of ether oxygens (including phenoxy) is 1. The highest BCUT2D eigenvalue weighted by atomic mass is 32.2. The average Bonchev–Trinajstić information content (AvgIpc) is 3.20. The monoisotopic (exact) mass is 465 g/mol. The summed E-state index contributed by atoms with van der Waals surface area (Å²) in [4.78, 5) is 28.4. The molecule has 8 nitrogen and oxygen atoms in total. The number of aromatic nitrogens is 1. The van der Waals surface area contributed by atoms with E-state index in [1.807, 2.05) is 0 Å². The van der Waals surface area contributed by atoms with Crippen LogP contribution in [0.4, 0.5) is 5.13 Å². The van der Waals surface area contributed by atoms with Crippen molar-refractivity contribution >= 4 is 38.4 Å². The summed E-state index contributed by atoms with van der Waals surface area (Å²) in [5, 5.41) is 4.72. The lowest BCUT2D eigenvalue weighted by molar-refractivity contribution is -0.142. The Balaban J connectivity index is 1.63. The van der Waals surface area contributed by atoms with Crippen LogP contribution in [0.3, 0.4) is 0 Å². The molecule has 0 saturated heterocycles. The SMILES string of the molecule is CCOC(=O)Cc1csc(NC(=O)c2ccc(S(=O)(=O)N(C)C3CCCCC3)cc2)n1. The van der Waals surface area contributed by atoms with E-state index >= 15 is 0 Å². The first-order chi connectivity index (χ1) is 14.8. The molecule has 31 heavy (non-hydrogen) atoms. The van der Waals surface area contributed by atoms with Crippen LogP contribution in [0.5, 0.6) is 0 Å². The molecule has 1 heterocycles. The van der Waals surface area contributed by atoms with Crippen LogP contribution < -0.4 is 5.32 Å². The van der Waals surface area contributed by atoms with Gasteiger partial charge in [-0.3, -0.25) is 14.9 Å². The molecular weight excluding hydrogens is 438 g/mol. The van der Waals surface area contributed by atoms with E-state index in [9.17, 15) is 18.0 Å². The number of rotatable bonds is 8. The lowest BCUT2D eigenvalue weighted by Gasteiger charge is -2.30. The van der Waals surface area contributed by atoms with Gasteiger partial charge in [0.15, 0.2) is 5.13 Å². The van der Waals surface area contributed by atoms with Crippen LogP contribution in [0.15, 0.2) is 34.5 Å². The summed E-state index contributed by atoms with van der Waals surface area (Å²) >= 11 is 1.21. The number of amides is 1. The van der Waals surface area contributed by atoms with Gasteiger partial charge in [0, 0.05) is 24.0 Å². The normalized spacial score (nSPS) is 15.1. The van der Waals surface area contributed by atoms with Crippen molar-refractivity contribution in [2.24, 2.45) is 0 Å². The lowest BCUT2D eigenvalue weighted by Crippen LogP contribution is -2.38. The van der Waals surface area contributed by atoms with Gasteiger partial charge in [-0.1, -0.05) is 19.3 Å². The van der Waals surface area contributed by atoms with Crippen molar-refractivity contribution in [2.75, 3.05) is 19.0 Å². The molecule has 0 radical (unpaired) electrons. The van der Waals surface area contributed by atoms with Crippen molar-refractivity contribution in [3.8, 4) is 0 Å². The Hall–Kier alpha value is -2.30. The molecule has 1 N–H and O–H groups in total. The summed E-state index contributed by atoms with van der Waals surface area (Å²) in [5.74, 6) is -0.776. The molecule has 168 valence electrons. The molecule has 1 aliphatic carbocycles. The second kappa shape index (κ2) is 10.3. The number of benzene rings is 1. The van der Waals surface area contributed by atoms with Gasteiger partial charge in [0.2, 0.25) is 10.0 Å². The first kappa shape index (κ1) is 23.4. The van der Waals surface area contributed by atoms with Gasteiger partial charge in [0.05, 0.1) is 23.6 Å². The fourth-order valence-corrected chi connectivity index (χ4v) is 5.68. The number of hydrogen-bond acceptors (Lipinski definition) is 7. The molecule has 3 rings (SSSR count). The predicted molar refractivity (Wildman–Crippen MR) is 119 cm³/mol. The highest BCUT2D eigenvalue weighted by Gasteiger charge is 2.29. The molecule has 1 saturated carbocycles. The summed E-state index contributed by atoms with van der Waals surface area (Å²) in [5.41, 5.74) is 0.840. The number of nitrogens with zero attached hydrogens (tertiary/aromatic N) is 2. The van der Waals surface area contributed by atoms with Crippen LogP contribution in [-0.2, 0) is 26.0 Å². The summed E-state index contributed by atoms with van der Waals surface area (Å²) < 4.78 is 32.2. The van der Waals surface area contributed by atoms with Gasteiger partial charge in [0.25, 0.3) is 5.91 Å². The van der Waals surface area contributed by atoms with Crippen LogP contribution in [-0.4, -0.2) is 49.3 Å². The number of anilines is 1. The second-order valence-corrected chi connectivity index (χ2v) is 10.3. The largest absolute Gasteiger partial charge is 0.466 e. The zero-order valence-corrected chi connectivity index (χ0v) is 19.3. The van der Waals surface area contributed by atoms with E-state index in [0.717, 1.165) is 32.1 Å². The van der Waals surface area contributed by atoms with E-state index in [1.54, 1.807) is 19.4 Å². The van der Waals surface area contributed by atoms with E-state index in [-0.39, 0.29) is 23.3 Å². The van der Waals surface area contributed by atoms with Crippen LogP contribution in [0, 0.1) is 0 Å². The predicted octanol–water partition coefficient (Wildman–Crippen LogP) is 3.45. The molecule has 1 aliphatic rings. The van der Waals surface area contributed by atoms with Gasteiger partial charge < -0.3 is 4.74 Å². The number of hydrogen-bond donors (Lipinski definition) is 1. The molecule has 0 spiro atoms. The molecular formula is C21H27N3O5S2. The van der Waals surface area contributed by atoms with E-state index < -0.39 is 15.9 Å². The highest BCUT2D eigenvalue weighted by Crippen LogP contribution is 2.26. The van der Waals surface area contributed by atoms with Crippen molar-refractivity contribution in [3.63, 3.8) is 0 Å². The smallest absolute Gasteiger partial charge is 0.311 e. The van der Waals surface area contributed by atoms with Crippen LogP contribution in [0.25, 0.3) is 0 Å². The lowest BCUT2D eigenvalue weighted by atomic mass is 9.96. The number of carbonyl (C=O) groups excluding carboxylic acids is 2. The molecule has 0 bridgehead atoms. The minimum atomic E-state index is -3.61. The third-order valence-corrected chi connectivity index (χ3v) is 8.02. The Morgan fingerprint density at radius 1 is 1.19 bits per heavy atom. The van der Waals surface area contributed by atoms with Crippen LogP contribution >= 0.6 is 11.3 Å². The van der Waals surface area contributed by atoms with Gasteiger partial charge in [0.1, 0.15) is 0 Å². The van der Waals surface area contributed by atoms with E-state index in [2.05, 4.69) is 10.3 Å². The first-order valence-corrected chi connectivity index (χ1v) is 12.6. The molecule has 0 unspecified atom stereocenters. The molecule has 10 heteroatoms. The van der Waals surface area contributed by atoms with E-state index in [0.29, 0.717) is 23.0 Å². The second-order valence-electron chi connectivity index (χ2n) is 7.42. The molecule has 1 fully saturated rings. The maximum Gasteiger partial charge on any atom is 0.311 e. The molecule has 1 aromatic heterocycles. The fourth-order valence-electron chi connectivity index (χ4n) is 3.56. The topological polar surface area (TPSA) is 106 Å². The Kier molecular flexibility index (Phi) is 7.79. The van der Waals surface area contributed by atoms with Gasteiger partial charge in [-0.15, -0.1) is 11.3 Å². The standard InChI is InChI=1S/C21H27N3O5S2/c1-3-29-19(25)13-16-14-30-21(22-16)23-20(26)15-9-11-18(12-10-15)31(27,28)24(2)17-7-5-4-6-8-17/h9-12,14,17H,3-8,13H2,1-2H3,(H,22,23,26). The van der Waals surface area contributed by atoms with Crippen molar-refractivity contribution in [3.05, 3.63) is 40.9 Å². The third kappa shape index (κ3) is 5.90. The Morgan fingerprint density at radius 3 is 2.52 bits per heavy atom. The van der Waals surface area contributed by atoms with E-state index in [4.69, 9.17) is 4.74 Å². The van der Waals surface area contributed by atoms with Gasteiger partial charge >= 0.3 is 5.97 Å². The maximum atomic E-state index is 12.9. The number of thiazole rings is 1. The highest BCUT2D eigenvalue weighted by molar-refractivity contribution is 7.89. The maximum absolute atomic E-state index is 12.9. The summed E-state index contributed by atoms with van der Waals surface area (Å²) in [7, 11) is -1.98. The number of esters is 1. The van der Waals surface area contributed by atoms with Crippen molar-refractivity contribution < 1.29 is 22.7 Å². The number of nitrogens with one attached hydrogen (secondary N) is 1. The van der Waals surface area contributed by atoms with Gasteiger partial charge in [-0.25, -0.2) is 13.4 Å². The van der Waals surface area contributed by atoms with Crippen molar-refractivity contribution in [2.45, 2.75) is 56.4 Å². The van der Waals surface area contributed by atoms with Gasteiger partial charge in [-0.2, -0.15) is 4.31 Å². The summed E-state index contributed by atoms with van der Waals surface area (Å²) in [6, 6.07) is 5.92. The Morgan fingerprint density at radius 2 is 1.87 bits per heavy atom. The molecule has 1 aromatic carbocycles. The Bertz CT molecular complexity index is 1010. The zero-order chi connectivity index (χ0) is 22.4. The van der Waals surface area contributed by atoms with E-state index in [1.165, 1.54) is 39.9 Å². The minimum Gasteiger partial charge on any atom is -0.466 e. The zero-order valence-electron chi connectivity index (χ0n) is 17.7. The molecule has 0 atom stereocenters. The van der Waals surface area contributed by atoms with Gasteiger partial charge in [-0.05, 0) is 44.0 Å². The third-order valence-electron chi connectivity index (χ3n) is 5.29. The van der Waals surface area contributed by atoms with Crippen molar-refractivity contribution in [1.29, 1.82) is 0 Å². The number of sulfonamides is 1. The summed E-state index contributed by atoms with van der Waals surface area (Å²) in [6.07, 6.45) is 5.03. The summed E-state index contributed by atoms with van der Waals surface area (Å²) in [6.45, 7) is 2.03.